The summed E-state index contributed by atoms with van der Waals surface area (Å²) < 4.78 is 19.5. The van der Waals surface area contributed by atoms with E-state index in [1.165, 1.54) is 7.11 Å². The van der Waals surface area contributed by atoms with E-state index in [0.29, 0.717) is 26.1 Å². The second-order valence-electron chi connectivity index (χ2n) is 6.42. The minimum Gasteiger partial charge on any atom is -0.497 e. The van der Waals surface area contributed by atoms with Crippen molar-refractivity contribution in [2.75, 3.05) is 20.8 Å². The molecule has 1 aliphatic heterocycles. The van der Waals surface area contributed by atoms with Gasteiger partial charge in [0.2, 0.25) is 5.90 Å². The van der Waals surface area contributed by atoms with E-state index in [9.17, 15) is 4.79 Å². The molecule has 0 fully saturated rings. The first-order valence-electron chi connectivity index (χ1n) is 8.86. The average molecular weight is 453 g/mol. The van der Waals surface area contributed by atoms with Crippen molar-refractivity contribution in [1.82, 2.24) is 0 Å². The number of benzene rings is 1. The highest BCUT2D eigenvalue weighted by molar-refractivity contribution is 6.76. The molecular formula is C19H24Cl3NO5. The topological polar surface area (TPSA) is 66.4 Å². The van der Waals surface area contributed by atoms with Gasteiger partial charge < -0.3 is 18.9 Å². The van der Waals surface area contributed by atoms with Gasteiger partial charge in [-0.2, -0.15) is 0 Å². The Morgan fingerprint density at radius 1 is 1.25 bits per heavy atom. The predicted octanol–water partition coefficient (Wildman–Crippen LogP) is 4.34. The normalized spacial score (nSPS) is 20.3. The van der Waals surface area contributed by atoms with Crippen LogP contribution in [0.5, 0.6) is 5.75 Å². The van der Waals surface area contributed by atoms with E-state index in [2.05, 4.69) is 4.99 Å². The zero-order valence-corrected chi connectivity index (χ0v) is 18.3. The highest BCUT2D eigenvalue weighted by Crippen LogP contribution is 2.35. The van der Waals surface area contributed by atoms with Crippen molar-refractivity contribution in [3.8, 4) is 5.75 Å². The summed E-state index contributed by atoms with van der Waals surface area (Å²) in [5.74, 6) is -0.0774. The van der Waals surface area contributed by atoms with Gasteiger partial charge in [-0.3, -0.25) is 4.79 Å². The molecule has 3 unspecified atom stereocenters. The second kappa shape index (κ2) is 10.5. The Morgan fingerprint density at radius 3 is 2.46 bits per heavy atom. The largest absolute Gasteiger partial charge is 0.497 e. The van der Waals surface area contributed by atoms with Crippen molar-refractivity contribution >= 4 is 46.7 Å². The van der Waals surface area contributed by atoms with Gasteiger partial charge in [0.05, 0.1) is 26.7 Å². The Labute approximate surface area is 180 Å². The van der Waals surface area contributed by atoms with Gasteiger partial charge >= 0.3 is 5.97 Å². The highest BCUT2D eigenvalue weighted by Gasteiger charge is 2.44. The molecule has 0 bridgehead atoms. The van der Waals surface area contributed by atoms with Gasteiger partial charge in [0, 0.05) is 6.61 Å². The summed E-state index contributed by atoms with van der Waals surface area (Å²) in [7, 11) is 2.97. The Hall–Kier alpha value is -1.21. The molecule has 2 rings (SSSR count). The quantitative estimate of drug-likeness (QED) is 0.317. The molecule has 28 heavy (non-hydrogen) atoms. The van der Waals surface area contributed by atoms with Crippen LogP contribution in [0, 0.1) is 5.92 Å². The van der Waals surface area contributed by atoms with E-state index >= 15 is 0 Å². The van der Waals surface area contributed by atoms with Crippen LogP contribution < -0.4 is 4.74 Å². The Morgan fingerprint density at radius 2 is 1.93 bits per heavy atom. The number of hydrogen-bond acceptors (Lipinski definition) is 6. The van der Waals surface area contributed by atoms with E-state index in [-0.39, 0.29) is 11.9 Å². The molecule has 0 radical (unpaired) electrons. The summed E-state index contributed by atoms with van der Waals surface area (Å²) in [5, 5.41) is 0. The van der Waals surface area contributed by atoms with Crippen LogP contribution >= 0.6 is 34.8 Å². The zero-order valence-electron chi connectivity index (χ0n) is 16.0. The monoisotopic (exact) mass is 451 g/mol. The minimum absolute atomic E-state index is 0.000316. The average Bonchev–Trinajstić information content (AvgIpc) is 3.06. The number of methoxy groups -OCH3 is 2. The molecule has 0 saturated heterocycles. The van der Waals surface area contributed by atoms with E-state index in [1.54, 1.807) is 14.0 Å². The van der Waals surface area contributed by atoms with Crippen LogP contribution in [0.1, 0.15) is 25.3 Å². The number of ether oxygens (including phenoxy) is 4. The lowest BCUT2D eigenvalue weighted by molar-refractivity contribution is -0.147. The van der Waals surface area contributed by atoms with Crippen LogP contribution in [-0.4, -0.2) is 48.6 Å². The molecule has 9 heteroatoms. The van der Waals surface area contributed by atoms with E-state index in [4.69, 9.17) is 53.8 Å². The number of rotatable bonds is 9. The first-order valence-corrected chi connectivity index (χ1v) is 9.99. The molecule has 3 atom stereocenters. The van der Waals surface area contributed by atoms with Crippen molar-refractivity contribution < 1.29 is 23.7 Å². The first-order chi connectivity index (χ1) is 13.3. The van der Waals surface area contributed by atoms with Crippen LogP contribution in [-0.2, 0) is 25.6 Å². The number of aliphatic imine (C=N–C) groups is 1. The number of halogens is 3. The molecule has 1 aromatic rings. The van der Waals surface area contributed by atoms with Crippen molar-refractivity contribution in [2.24, 2.45) is 10.9 Å². The standard InChI is InChI=1S/C19H24Cl3NO5/c1-12-16(23-18(28-12)19(20,21)22)15(17(24)26-3)5-4-10-27-11-13-6-8-14(25-2)9-7-13/h6-9,12,15-16H,4-5,10-11H2,1-3H3. The maximum Gasteiger partial charge on any atom is 0.310 e. The SMILES string of the molecule is COC(=O)C(CCCOCc1ccc(OC)cc1)C1N=C(C(Cl)(Cl)Cl)OC1C. The summed E-state index contributed by atoms with van der Waals surface area (Å²) in [4.78, 5) is 16.6. The predicted molar refractivity (Wildman–Crippen MR) is 109 cm³/mol. The van der Waals surface area contributed by atoms with Crippen molar-refractivity contribution in [3.63, 3.8) is 0 Å². The fourth-order valence-electron chi connectivity index (χ4n) is 2.97. The number of hydrogen-bond donors (Lipinski definition) is 0. The molecule has 1 aromatic carbocycles. The van der Waals surface area contributed by atoms with Gasteiger partial charge in [-0.1, -0.05) is 46.9 Å². The van der Waals surface area contributed by atoms with Gasteiger partial charge in [-0.25, -0.2) is 4.99 Å². The van der Waals surface area contributed by atoms with Gasteiger partial charge in [0.25, 0.3) is 3.79 Å². The Balaban J connectivity index is 1.87. The lowest BCUT2D eigenvalue weighted by Gasteiger charge is -2.21. The Kier molecular flexibility index (Phi) is 8.68. The third-order valence-electron chi connectivity index (χ3n) is 4.44. The third-order valence-corrected chi connectivity index (χ3v) is 4.92. The summed E-state index contributed by atoms with van der Waals surface area (Å²) in [6.07, 6.45) is 0.775. The molecule has 1 aliphatic rings. The first kappa shape index (κ1) is 23.1. The Bertz CT molecular complexity index is 675. The molecule has 156 valence electrons. The summed E-state index contributed by atoms with van der Waals surface area (Å²) in [5.41, 5.74) is 1.04. The van der Waals surface area contributed by atoms with Crippen LogP contribution in [0.4, 0.5) is 0 Å². The number of carbonyl (C=O) groups excluding carboxylic acids is 1. The molecule has 0 aromatic heterocycles. The molecule has 0 amide bonds. The molecule has 6 nitrogen and oxygen atoms in total. The second-order valence-corrected chi connectivity index (χ2v) is 8.70. The molecular weight excluding hydrogens is 429 g/mol. The van der Waals surface area contributed by atoms with Crippen LogP contribution in [0.2, 0.25) is 0 Å². The fraction of sp³-hybridized carbons (Fsp3) is 0.579. The summed E-state index contributed by atoms with van der Waals surface area (Å²) in [6, 6.07) is 7.18. The van der Waals surface area contributed by atoms with E-state index in [0.717, 1.165) is 11.3 Å². The fourth-order valence-corrected chi connectivity index (χ4v) is 3.25. The summed E-state index contributed by atoms with van der Waals surface area (Å²) >= 11 is 17.5. The number of carbonyl (C=O) groups is 1. The van der Waals surface area contributed by atoms with Gasteiger partial charge in [-0.05, 0) is 37.5 Å². The third kappa shape index (κ3) is 6.41. The lowest BCUT2D eigenvalue weighted by Crippen LogP contribution is -2.34. The van der Waals surface area contributed by atoms with Gasteiger partial charge in [0.15, 0.2) is 0 Å². The van der Waals surface area contributed by atoms with Crippen LogP contribution in [0.25, 0.3) is 0 Å². The highest BCUT2D eigenvalue weighted by atomic mass is 35.6. The van der Waals surface area contributed by atoms with Gasteiger partial charge in [0.1, 0.15) is 17.9 Å². The molecule has 0 saturated carbocycles. The molecule has 0 spiro atoms. The summed E-state index contributed by atoms with van der Waals surface area (Å²) in [6.45, 7) is 2.75. The smallest absolute Gasteiger partial charge is 0.310 e. The molecule has 0 N–H and O–H groups in total. The van der Waals surface area contributed by atoms with E-state index in [1.807, 2.05) is 24.3 Å². The maximum atomic E-state index is 12.2. The number of nitrogens with zero attached hydrogens (tertiary/aromatic N) is 1. The van der Waals surface area contributed by atoms with Crippen molar-refractivity contribution in [2.45, 2.75) is 42.3 Å². The van der Waals surface area contributed by atoms with Crippen LogP contribution in [0.3, 0.4) is 0 Å². The van der Waals surface area contributed by atoms with Crippen molar-refractivity contribution in [3.05, 3.63) is 29.8 Å². The van der Waals surface area contributed by atoms with Crippen LogP contribution in [0.15, 0.2) is 29.3 Å². The molecule has 1 heterocycles. The van der Waals surface area contributed by atoms with Crippen molar-refractivity contribution in [1.29, 1.82) is 0 Å². The molecule has 0 aliphatic carbocycles. The van der Waals surface area contributed by atoms with E-state index < -0.39 is 21.9 Å². The number of alkyl halides is 3. The lowest BCUT2D eigenvalue weighted by atomic mass is 9.92. The number of esters is 1. The zero-order chi connectivity index (χ0) is 20.7. The minimum atomic E-state index is -1.76. The maximum absolute atomic E-state index is 12.2. The van der Waals surface area contributed by atoms with Gasteiger partial charge in [-0.15, -0.1) is 0 Å².